The van der Waals surface area contributed by atoms with Crippen LogP contribution in [0.5, 0.6) is 5.75 Å². The Kier molecular flexibility index (Phi) is 8.62. The van der Waals surface area contributed by atoms with Crippen LogP contribution >= 0.6 is 11.3 Å². The third kappa shape index (κ3) is 7.16. The summed E-state index contributed by atoms with van der Waals surface area (Å²) >= 11 is 1.79. The van der Waals surface area contributed by atoms with Crippen LogP contribution in [0.25, 0.3) is 10.2 Å². The monoisotopic (exact) mass is 469 g/mol. The molecule has 1 aliphatic rings. The third-order valence-corrected chi connectivity index (χ3v) is 6.55. The van der Waals surface area contributed by atoms with Gasteiger partial charge in [-0.15, -0.1) is 0 Å². The van der Waals surface area contributed by atoms with Gasteiger partial charge in [0.05, 0.1) is 28.8 Å². The molecule has 0 amide bonds. The molecule has 1 atom stereocenters. The van der Waals surface area contributed by atoms with Crippen molar-refractivity contribution in [2.45, 2.75) is 25.8 Å². The summed E-state index contributed by atoms with van der Waals surface area (Å²) in [6.45, 7) is 6.23. The molecule has 0 radical (unpaired) electrons. The molecular weight excluding hydrogens is 442 g/mol. The number of carboxylic acid groups (broad SMARTS) is 2. The number of benzene rings is 2. The number of hydrogen-bond donors (Lipinski definition) is 0. The van der Waals surface area contributed by atoms with E-state index in [9.17, 15) is 0 Å². The van der Waals surface area contributed by atoms with Gasteiger partial charge in [-0.05, 0) is 49.6 Å². The maximum atomic E-state index is 8.93. The number of likely N-dealkylation sites (N-methyl/N-ethyl adjacent to an activating group) is 1. The Morgan fingerprint density at radius 1 is 1.18 bits per heavy atom. The van der Waals surface area contributed by atoms with Crippen molar-refractivity contribution in [2.24, 2.45) is 0 Å². The van der Waals surface area contributed by atoms with Gasteiger partial charge in [-0.25, -0.2) is 4.98 Å². The highest BCUT2D eigenvalue weighted by Crippen LogP contribution is 2.30. The summed E-state index contributed by atoms with van der Waals surface area (Å²) in [4.78, 5) is 27.6. The summed E-state index contributed by atoms with van der Waals surface area (Å²) in [5.74, 6) is -3.39. The molecule has 2 aromatic carbocycles. The largest absolute Gasteiger partial charge is 0.543 e. The number of aromatic nitrogens is 1. The van der Waals surface area contributed by atoms with E-state index in [4.69, 9.17) is 29.5 Å². The van der Waals surface area contributed by atoms with Crippen molar-refractivity contribution in [3.05, 3.63) is 54.1 Å². The maximum absolute atomic E-state index is 8.93. The van der Waals surface area contributed by atoms with E-state index in [-0.39, 0.29) is 0 Å². The maximum Gasteiger partial charge on any atom is 0.186 e. The molecule has 176 valence electrons. The summed E-state index contributed by atoms with van der Waals surface area (Å²) in [6.07, 6.45) is 2.26. The topological polar surface area (TPSA) is 109 Å². The number of likely N-dealkylation sites (tertiary alicyclic amines) is 1. The van der Waals surface area contributed by atoms with Gasteiger partial charge in [0.25, 0.3) is 0 Å². The average molecular weight is 470 g/mol. The molecule has 3 aromatic rings. The number of carboxylic acids is 2. The van der Waals surface area contributed by atoms with Crippen LogP contribution in [-0.4, -0.2) is 61.2 Å². The Morgan fingerprint density at radius 2 is 1.94 bits per heavy atom. The van der Waals surface area contributed by atoms with E-state index in [1.807, 2.05) is 12.1 Å². The quantitative estimate of drug-likeness (QED) is 0.373. The second-order valence-corrected chi connectivity index (χ2v) is 8.92. The Hall–Kier alpha value is -3.17. The molecule has 1 saturated heterocycles. The molecule has 1 fully saturated rings. The van der Waals surface area contributed by atoms with E-state index in [1.54, 1.807) is 11.3 Å². The minimum atomic E-state index is -2.19. The normalized spacial score (nSPS) is 15.6. The van der Waals surface area contributed by atoms with Crippen LogP contribution in [0.15, 0.2) is 48.5 Å². The number of aryl methyl sites for hydroxylation is 1. The lowest BCUT2D eigenvalue weighted by Crippen LogP contribution is -2.42. The summed E-state index contributed by atoms with van der Waals surface area (Å²) in [5.41, 5.74) is 2.35. The van der Waals surface area contributed by atoms with Crippen LogP contribution in [0, 0.1) is 6.92 Å². The van der Waals surface area contributed by atoms with Crippen LogP contribution in [0.4, 0.5) is 5.13 Å². The van der Waals surface area contributed by atoms with Gasteiger partial charge in [-0.3, -0.25) is 0 Å². The van der Waals surface area contributed by atoms with E-state index in [0.717, 1.165) is 49.1 Å². The van der Waals surface area contributed by atoms with Gasteiger partial charge in [0.2, 0.25) is 0 Å². The SMILES string of the molecule is Cc1cccc(OCCCN2CCC(N(C)c3nc4ccccc4s3)C2)c1.O=C([O-])C(=O)[O-]. The summed E-state index contributed by atoms with van der Waals surface area (Å²) in [5, 5.41) is 19.0. The Bertz CT molecular complexity index is 1040. The van der Waals surface area contributed by atoms with Crippen molar-refractivity contribution in [1.82, 2.24) is 9.88 Å². The van der Waals surface area contributed by atoms with Gasteiger partial charge in [-0.1, -0.05) is 35.6 Å². The standard InChI is InChI=1S/C22H27N3OS.C2H2O4/c1-17-7-5-8-19(15-17)26-14-6-12-25-13-11-18(16-25)24(2)22-23-20-9-3-4-10-21(20)27-22;3-1(4)2(5)6/h3-5,7-10,15,18H,6,11-14,16H2,1-2H3;(H,3,4)(H,5,6)/p-2. The second kappa shape index (κ2) is 11.6. The van der Waals surface area contributed by atoms with E-state index in [2.05, 4.69) is 60.2 Å². The van der Waals surface area contributed by atoms with E-state index in [0.29, 0.717) is 6.04 Å². The lowest BCUT2D eigenvalue weighted by Gasteiger charge is -2.24. The molecule has 0 aliphatic carbocycles. The lowest BCUT2D eigenvalue weighted by atomic mass is 10.2. The average Bonchev–Trinajstić information content (AvgIpc) is 3.44. The molecule has 0 spiro atoms. The molecule has 1 aromatic heterocycles. The van der Waals surface area contributed by atoms with Crippen molar-refractivity contribution in [3.63, 3.8) is 0 Å². The Morgan fingerprint density at radius 3 is 2.64 bits per heavy atom. The van der Waals surface area contributed by atoms with Crippen LogP contribution < -0.4 is 19.8 Å². The van der Waals surface area contributed by atoms with Crippen molar-refractivity contribution in [3.8, 4) is 5.75 Å². The van der Waals surface area contributed by atoms with Crippen LogP contribution in [0.3, 0.4) is 0 Å². The first-order valence-electron chi connectivity index (χ1n) is 10.8. The minimum Gasteiger partial charge on any atom is -0.543 e. The number of aliphatic carboxylic acids is 2. The van der Waals surface area contributed by atoms with Gasteiger partial charge < -0.3 is 34.3 Å². The fraction of sp³-hybridized carbons (Fsp3) is 0.375. The minimum absolute atomic E-state index is 0.545. The van der Waals surface area contributed by atoms with E-state index < -0.39 is 11.9 Å². The van der Waals surface area contributed by atoms with E-state index >= 15 is 0 Å². The predicted molar refractivity (Wildman–Crippen MR) is 124 cm³/mol. The first-order chi connectivity index (χ1) is 15.8. The Labute approximate surface area is 197 Å². The highest BCUT2D eigenvalue weighted by molar-refractivity contribution is 7.22. The molecule has 2 heterocycles. The lowest BCUT2D eigenvalue weighted by molar-refractivity contribution is -0.345. The highest BCUT2D eigenvalue weighted by atomic mass is 32.1. The zero-order valence-corrected chi connectivity index (χ0v) is 19.5. The fourth-order valence-electron chi connectivity index (χ4n) is 3.68. The number of hydrogen-bond acceptors (Lipinski definition) is 9. The van der Waals surface area contributed by atoms with Gasteiger partial charge in [-0.2, -0.15) is 0 Å². The molecule has 8 nitrogen and oxygen atoms in total. The number of anilines is 1. The zero-order valence-electron chi connectivity index (χ0n) is 18.7. The number of thiazole rings is 1. The molecule has 33 heavy (non-hydrogen) atoms. The highest BCUT2D eigenvalue weighted by Gasteiger charge is 2.27. The predicted octanol–water partition coefficient (Wildman–Crippen LogP) is 1.07. The van der Waals surface area contributed by atoms with Crippen molar-refractivity contribution in [1.29, 1.82) is 0 Å². The van der Waals surface area contributed by atoms with Crippen LogP contribution in [0.2, 0.25) is 0 Å². The summed E-state index contributed by atoms with van der Waals surface area (Å²) < 4.78 is 7.14. The van der Waals surface area contributed by atoms with Crippen LogP contribution in [0.1, 0.15) is 18.4 Å². The van der Waals surface area contributed by atoms with Crippen LogP contribution in [-0.2, 0) is 9.59 Å². The number of para-hydroxylation sites is 1. The van der Waals surface area contributed by atoms with Gasteiger partial charge in [0, 0.05) is 32.7 Å². The first-order valence-corrected chi connectivity index (χ1v) is 11.6. The molecule has 9 heteroatoms. The number of ether oxygens (including phenoxy) is 1. The van der Waals surface area contributed by atoms with Crippen molar-refractivity contribution >= 4 is 38.6 Å². The molecule has 0 N–H and O–H groups in total. The number of rotatable bonds is 7. The smallest absolute Gasteiger partial charge is 0.186 e. The third-order valence-electron chi connectivity index (χ3n) is 5.42. The second-order valence-electron chi connectivity index (χ2n) is 7.91. The Balaban J connectivity index is 0.000000454. The molecule has 0 bridgehead atoms. The number of nitrogens with zero attached hydrogens (tertiary/aromatic N) is 3. The molecular formula is C24H27N3O5S-2. The zero-order chi connectivity index (χ0) is 23.8. The van der Waals surface area contributed by atoms with Crippen molar-refractivity contribution in [2.75, 3.05) is 38.2 Å². The fourth-order valence-corrected chi connectivity index (χ4v) is 4.68. The van der Waals surface area contributed by atoms with Gasteiger partial charge in [0.1, 0.15) is 5.75 Å². The number of carbonyl (C=O) groups excluding carboxylic acids is 2. The molecule has 0 saturated carbocycles. The first kappa shape index (κ1) is 24.5. The number of fused-ring (bicyclic) bond motifs is 1. The molecule has 1 unspecified atom stereocenters. The summed E-state index contributed by atoms with van der Waals surface area (Å²) in [6, 6.07) is 17.2. The number of carbonyl (C=O) groups is 2. The van der Waals surface area contributed by atoms with Gasteiger partial charge >= 0.3 is 0 Å². The molecule has 1 aliphatic heterocycles. The van der Waals surface area contributed by atoms with Gasteiger partial charge in [0.15, 0.2) is 5.13 Å². The van der Waals surface area contributed by atoms with Crippen molar-refractivity contribution < 1.29 is 24.5 Å². The van der Waals surface area contributed by atoms with E-state index in [1.165, 1.54) is 16.7 Å². The summed E-state index contributed by atoms with van der Waals surface area (Å²) in [7, 11) is 2.19. The molecule has 4 rings (SSSR count).